The van der Waals surface area contributed by atoms with Crippen LogP contribution >= 0.6 is 11.3 Å². The maximum atomic E-state index is 12.9. The molecule has 30 heavy (non-hydrogen) atoms. The number of aliphatic hydroxyl groups is 1. The van der Waals surface area contributed by atoms with E-state index in [1.165, 1.54) is 11.3 Å². The number of hydrogen-bond acceptors (Lipinski definition) is 7. The molecule has 1 fully saturated rings. The van der Waals surface area contributed by atoms with Gasteiger partial charge >= 0.3 is 5.97 Å². The summed E-state index contributed by atoms with van der Waals surface area (Å²) in [6.07, 6.45) is 5.37. The number of carbonyl (C=O) groups excluding carboxylic acids is 1. The standard InChI is InChI=1S/C21H23N3O5S/c1-21(28)8-7-13-14(9-21)30-19(15(13)18-22-16(24-29-18)10-5-6-10)23-17(25)11-3-2-4-12(11)20(26)27/h10,28H,2-9H2,1H3,(H,23,25)(H,26,27). The molecule has 3 aliphatic rings. The Kier molecular flexibility index (Phi) is 4.55. The van der Waals surface area contributed by atoms with E-state index < -0.39 is 17.5 Å². The van der Waals surface area contributed by atoms with Crippen molar-refractivity contribution in [3.8, 4) is 11.5 Å². The predicted octanol–water partition coefficient (Wildman–Crippen LogP) is 3.42. The smallest absolute Gasteiger partial charge is 0.332 e. The van der Waals surface area contributed by atoms with Crippen molar-refractivity contribution < 1.29 is 24.3 Å². The van der Waals surface area contributed by atoms with E-state index in [-0.39, 0.29) is 5.57 Å². The Hall–Kier alpha value is -2.52. The van der Waals surface area contributed by atoms with Crippen LogP contribution in [0.25, 0.3) is 11.5 Å². The highest BCUT2D eigenvalue weighted by atomic mass is 32.1. The quantitative estimate of drug-likeness (QED) is 0.665. The molecule has 0 radical (unpaired) electrons. The van der Waals surface area contributed by atoms with E-state index in [9.17, 15) is 19.8 Å². The SMILES string of the molecule is CC1(O)CCc2c(sc(NC(=O)C3=C(C(=O)O)CCC3)c2-c2nc(C3CC3)no2)C1. The molecule has 0 aromatic carbocycles. The van der Waals surface area contributed by atoms with Crippen molar-refractivity contribution in [1.29, 1.82) is 0 Å². The molecule has 1 saturated carbocycles. The Morgan fingerprint density at radius 2 is 2.00 bits per heavy atom. The fourth-order valence-electron chi connectivity index (χ4n) is 4.31. The third-order valence-electron chi connectivity index (χ3n) is 6.12. The Morgan fingerprint density at radius 3 is 2.73 bits per heavy atom. The van der Waals surface area contributed by atoms with Crippen LogP contribution in [-0.2, 0) is 22.4 Å². The van der Waals surface area contributed by atoms with Gasteiger partial charge in [0, 0.05) is 28.4 Å². The number of carboxylic acids is 1. The van der Waals surface area contributed by atoms with Crippen LogP contribution in [0.15, 0.2) is 15.7 Å². The summed E-state index contributed by atoms with van der Waals surface area (Å²) in [5.41, 5.74) is 1.46. The van der Waals surface area contributed by atoms with E-state index in [0.29, 0.717) is 72.3 Å². The lowest BCUT2D eigenvalue weighted by molar-refractivity contribution is -0.133. The zero-order chi connectivity index (χ0) is 21.0. The first-order valence-corrected chi connectivity index (χ1v) is 11.1. The molecular weight excluding hydrogens is 406 g/mol. The number of hydrogen-bond donors (Lipinski definition) is 3. The number of carbonyl (C=O) groups is 2. The number of fused-ring (bicyclic) bond motifs is 1. The van der Waals surface area contributed by atoms with Crippen LogP contribution in [0.4, 0.5) is 5.00 Å². The monoisotopic (exact) mass is 429 g/mol. The molecule has 5 rings (SSSR count). The summed E-state index contributed by atoms with van der Waals surface area (Å²) in [4.78, 5) is 30.0. The van der Waals surface area contributed by atoms with Gasteiger partial charge in [-0.1, -0.05) is 5.16 Å². The summed E-state index contributed by atoms with van der Waals surface area (Å²) in [5, 5.41) is 27.5. The maximum absolute atomic E-state index is 12.9. The average Bonchev–Trinajstić information content (AvgIpc) is 3.10. The molecule has 1 atom stereocenters. The van der Waals surface area contributed by atoms with E-state index in [2.05, 4.69) is 15.5 Å². The second-order valence-electron chi connectivity index (χ2n) is 8.68. The number of aliphatic carboxylic acids is 1. The lowest BCUT2D eigenvalue weighted by atomic mass is 9.85. The van der Waals surface area contributed by atoms with Crippen molar-refractivity contribution in [2.75, 3.05) is 5.32 Å². The van der Waals surface area contributed by atoms with Gasteiger partial charge in [-0.2, -0.15) is 4.98 Å². The van der Waals surface area contributed by atoms with Crippen molar-refractivity contribution in [3.63, 3.8) is 0 Å². The second kappa shape index (κ2) is 7.02. The molecule has 0 aliphatic heterocycles. The van der Waals surface area contributed by atoms with Gasteiger partial charge in [0.25, 0.3) is 11.8 Å². The number of nitrogens with zero attached hydrogens (tertiary/aromatic N) is 2. The van der Waals surface area contributed by atoms with Gasteiger partial charge < -0.3 is 20.1 Å². The van der Waals surface area contributed by atoms with Gasteiger partial charge in [0.1, 0.15) is 5.00 Å². The molecule has 9 heteroatoms. The largest absolute Gasteiger partial charge is 0.478 e. The van der Waals surface area contributed by atoms with Crippen molar-refractivity contribution in [1.82, 2.24) is 10.1 Å². The Bertz CT molecular complexity index is 1080. The minimum Gasteiger partial charge on any atom is -0.478 e. The van der Waals surface area contributed by atoms with Crippen LogP contribution in [0, 0.1) is 0 Å². The maximum Gasteiger partial charge on any atom is 0.332 e. The van der Waals surface area contributed by atoms with E-state index in [0.717, 1.165) is 23.3 Å². The van der Waals surface area contributed by atoms with Crippen LogP contribution in [0.2, 0.25) is 0 Å². The van der Waals surface area contributed by atoms with Gasteiger partial charge in [0.15, 0.2) is 5.82 Å². The first kappa shape index (κ1) is 19.4. The summed E-state index contributed by atoms with van der Waals surface area (Å²) in [7, 11) is 0. The molecule has 1 unspecified atom stereocenters. The Labute approximate surface area is 177 Å². The minimum absolute atomic E-state index is 0.187. The zero-order valence-electron chi connectivity index (χ0n) is 16.7. The molecule has 158 valence electrons. The zero-order valence-corrected chi connectivity index (χ0v) is 17.5. The minimum atomic E-state index is -1.04. The molecule has 8 nitrogen and oxygen atoms in total. The van der Waals surface area contributed by atoms with Gasteiger partial charge in [0.2, 0.25) is 0 Å². The van der Waals surface area contributed by atoms with Crippen LogP contribution in [0.5, 0.6) is 0 Å². The van der Waals surface area contributed by atoms with Gasteiger partial charge in [-0.15, -0.1) is 11.3 Å². The lowest BCUT2D eigenvalue weighted by Gasteiger charge is -2.27. The molecule has 1 amide bonds. The lowest BCUT2D eigenvalue weighted by Crippen LogP contribution is -2.31. The van der Waals surface area contributed by atoms with Crippen molar-refractivity contribution in [2.24, 2.45) is 0 Å². The molecule has 2 aromatic rings. The number of nitrogens with one attached hydrogen (secondary N) is 1. The first-order chi connectivity index (χ1) is 14.3. The van der Waals surface area contributed by atoms with Crippen LogP contribution < -0.4 is 5.32 Å². The molecule has 0 spiro atoms. The molecule has 2 heterocycles. The molecule has 3 N–H and O–H groups in total. The van der Waals surface area contributed by atoms with Gasteiger partial charge in [-0.3, -0.25) is 4.79 Å². The number of thiophene rings is 1. The summed E-state index contributed by atoms with van der Waals surface area (Å²) >= 11 is 1.40. The molecular formula is C21H23N3O5S. The van der Waals surface area contributed by atoms with E-state index in [1.54, 1.807) is 0 Å². The number of rotatable bonds is 5. The summed E-state index contributed by atoms with van der Waals surface area (Å²) in [5.74, 6) is -0.0110. The van der Waals surface area contributed by atoms with Crippen molar-refractivity contribution in [3.05, 3.63) is 27.4 Å². The van der Waals surface area contributed by atoms with E-state index >= 15 is 0 Å². The predicted molar refractivity (Wildman–Crippen MR) is 109 cm³/mol. The first-order valence-electron chi connectivity index (χ1n) is 10.3. The number of anilines is 1. The number of carboxylic acid groups (broad SMARTS) is 1. The summed E-state index contributed by atoms with van der Waals surface area (Å²) in [6, 6.07) is 0. The number of aromatic nitrogens is 2. The van der Waals surface area contributed by atoms with Gasteiger partial charge in [0.05, 0.1) is 11.2 Å². The Balaban J connectivity index is 1.54. The summed E-state index contributed by atoms with van der Waals surface area (Å²) < 4.78 is 5.56. The highest BCUT2D eigenvalue weighted by Gasteiger charge is 2.36. The van der Waals surface area contributed by atoms with Gasteiger partial charge in [-0.25, -0.2) is 4.79 Å². The van der Waals surface area contributed by atoms with Crippen LogP contribution in [0.3, 0.4) is 0 Å². The highest BCUT2D eigenvalue weighted by Crippen LogP contribution is 2.47. The topological polar surface area (TPSA) is 126 Å². The molecule has 3 aliphatic carbocycles. The average molecular weight is 429 g/mol. The fraction of sp³-hybridized carbons (Fsp3) is 0.524. The third kappa shape index (κ3) is 3.45. The van der Waals surface area contributed by atoms with Crippen molar-refractivity contribution in [2.45, 2.75) is 69.8 Å². The van der Waals surface area contributed by atoms with E-state index in [4.69, 9.17) is 4.52 Å². The molecule has 0 saturated heterocycles. The fourth-order valence-corrected chi connectivity index (χ4v) is 5.73. The van der Waals surface area contributed by atoms with E-state index in [1.807, 2.05) is 6.92 Å². The number of amides is 1. The van der Waals surface area contributed by atoms with Crippen LogP contribution in [-0.4, -0.2) is 37.8 Å². The normalized spacial score (nSPS) is 23.5. The molecule has 0 bridgehead atoms. The van der Waals surface area contributed by atoms with Gasteiger partial charge in [-0.05, 0) is 57.4 Å². The summed E-state index contributed by atoms with van der Waals surface area (Å²) in [6.45, 7) is 1.81. The molecule has 2 aromatic heterocycles. The highest BCUT2D eigenvalue weighted by molar-refractivity contribution is 7.17. The van der Waals surface area contributed by atoms with Crippen molar-refractivity contribution >= 4 is 28.2 Å². The van der Waals surface area contributed by atoms with Crippen LogP contribution in [0.1, 0.15) is 67.6 Å². The Morgan fingerprint density at radius 1 is 1.23 bits per heavy atom. The second-order valence-corrected chi connectivity index (χ2v) is 9.79. The third-order valence-corrected chi connectivity index (χ3v) is 7.27.